The Kier molecular flexibility index (Phi) is 9.47. The maximum absolute atomic E-state index is 14.5. The molecule has 1 N–H and O–H groups in total. The molecule has 2 heterocycles. The highest BCUT2D eigenvalue weighted by molar-refractivity contribution is 6.31. The van der Waals surface area contributed by atoms with Crippen molar-refractivity contribution in [1.29, 1.82) is 0 Å². The molecule has 1 aliphatic heterocycles. The van der Waals surface area contributed by atoms with Crippen LogP contribution in [-0.2, 0) is 14.4 Å². The fourth-order valence-electron chi connectivity index (χ4n) is 5.40. The Hall–Kier alpha value is -3.85. The third-order valence-corrected chi connectivity index (χ3v) is 7.59. The van der Waals surface area contributed by atoms with Crippen LogP contribution < -0.4 is 15.1 Å². The lowest BCUT2D eigenvalue weighted by Gasteiger charge is -2.36. The second kappa shape index (κ2) is 13.0. The molecular weight excluding hydrogens is 533 g/mol. The molecule has 1 saturated heterocycles. The molecule has 1 aliphatic carbocycles. The molecule has 0 spiro atoms. The molecule has 10 heteroatoms. The van der Waals surface area contributed by atoms with Crippen molar-refractivity contribution in [2.75, 3.05) is 9.80 Å². The number of nitrogens with zero attached hydrogens (tertiary/aromatic N) is 4. The highest BCUT2D eigenvalue weighted by atomic mass is 35.5. The summed E-state index contributed by atoms with van der Waals surface area (Å²) in [6.07, 6.45) is 8.08. The fraction of sp³-hybridized carbons (Fsp3) is 0.367. The van der Waals surface area contributed by atoms with Crippen LogP contribution in [0.4, 0.5) is 16.0 Å². The standard InChI is InChI=1S/C29H29ClFN5O3.CH4/c30-23-13-5-4-12-22(23)26(27(38)34-20-9-2-1-3-10-20)35(21-11-6-8-19(31)18-21)28(39)24-14-15-25(37)36(24)29-32-16-7-17-33-29;/h4-8,11-13,16-18,20,24,26H,1-3,9-10,14-15H2,(H,34,38);1H4/t24-,26-;/m0./s1. The monoisotopic (exact) mass is 565 g/mol. The van der Waals surface area contributed by atoms with Gasteiger partial charge in [0, 0.05) is 41.1 Å². The van der Waals surface area contributed by atoms with Crippen molar-refractivity contribution < 1.29 is 18.8 Å². The molecule has 3 amide bonds. The Balaban J connectivity index is 0.00000370. The molecule has 8 nitrogen and oxygen atoms in total. The number of benzene rings is 2. The van der Waals surface area contributed by atoms with E-state index in [1.165, 1.54) is 40.4 Å². The number of carbonyl (C=O) groups is 3. The first-order valence-corrected chi connectivity index (χ1v) is 13.5. The number of anilines is 2. The number of nitrogens with one attached hydrogen (secondary N) is 1. The minimum Gasteiger partial charge on any atom is -0.351 e. The smallest absolute Gasteiger partial charge is 0.251 e. The van der Waals surface area contributed by atoms with Crippen molar-refractivity contribution in [3.8, 4) is 0 Å². The summed E-state index contributed by atoms with van der Waals surface area (Å²) >= 11 is 6.60. The van der Waals surface area contributed by atoms with Crippen molar-refractivity contribution in [2.24, 2.45) is 0 Å². The molecule has 3 aromatic rings. The van der Waals surface area contributed by atoms with Gasteiger partial charge in [0.25, 0.3) is 5.91 Å². The number of halogens is 2. The summed E-state index contributed by atoms with van der Waals surface area (Å²) in [5.41, 5.74) is 0.578. The lowest BCUT2D eigenvalue weighted by atomic mass is 9.94. The minimum atomic E-state index is -1.20. The van der Waals surface area contributed by atoms with E-state index in [0.717, 1.165) is 32.1 Å². The summed E-state index contributed by atoms with van der Waals surface area (Å²) in [5, 5.41) is 3.41. The highest BCUT2D eigenvalue weighted by Crippen LogP contribution is 2.36. The number of hydrogen-bond acceptors (Lipinski definition) is 5. The van der Waals surface area contributed by atoms with Crippen molar-refractivity contribution >= 4 is 41.0 Å². The second-order valence-corrected chi connectivity index (χ2v) is 10.2. The first-order valence-electron chi connectivity index (χ1n) is 13.2. The van der Waals surface area contributed by atoms with E-state index in [4.69, 9.17) is 11.6 Å². The second-order valence-electron chi connectivity index (χ2n) is 9.82. The summed E-state index contributed by atoms with van der Waals surface area (Å²) in [4.78, 5) is 52.3. The minimum absolute atomic E-state index is 0. The Morgan fingerprint density at radius 3 is 2.42 bits per heavy atom. The average Bonchev–Trinajstić information content (AvgIpc) is 3.34. The zero-order valence-electron chi connectivity index (χ0n) is 21.3. The number of hydrogen-bond donors (Lipinski definition) is 1. The third kappa shape index (κ3) is 6.14. The van der Waals surface area contributed by atoms with Gasteiger partial charge in [-0.05, 0) is 49.6 Å². The van der Waals surface area contributed by atoms with Gasteiger partial charge in [-0.1, -0.05) is 62.6 Å². The molecular formula is C30H33ClFN5O3. The van der Waals surface area contributed by atoms with Crippen LogP contribution in [0, 0.1) is 5.82 Å². The SMILES string of the molecule is C.O=C(NC1CCCCC1)[C@H](c1ccccc1Cl)N(C(=O)[C@@H]1CCC(=O)N1c1ncccn1)c1cccc(F)c1. The lowest BCUT2D eigenvalue weighted by molar-refractivity contribution is -0.128. The maximum atomic E-state index is 14.5. The van der Waals surface area contributed by atoms with Gasteiger partial charge in [0.2, 0.25) is 17.8 Å². The van der Waals surface area contributed by atoms with E-state index >= 15 is 0 Å². The van der Waals surface area contributed by atoms with Gasteiger partial charge in [0.15, 0.2) is 0 Å². The third-order valence-electron chi connectivity index (χ3n) is 7.25. The van der Waals surface area contributed by atoms with Crippen LogP contribution in [0.5, 0.6) is 0 Å². The highest BCUT2D eigenvalue weighted by Gasteiger charge is 2.45. The van der Waals surface area contributed by atoms with Crippen LogP contribution in [0.1, 0.15) is 64.0 Å². The number of carbonyl (C=O) groups excluding carboxylic acids is 3. The molecule has 1 saturated carbocycles. The van der Waals surface area contributed by atoms with Crippen molar-refractivity contribution in [3.63, 3.8) is 0 Å². The molecule has 2 aliphatic rings. The van der Waals surface area contributed by atoms with E-state index in [1.54, 1.807) is 36.4 Å². The molecule has 2 aromatic carbocycles. The normalized spacial score (nSPS) is 18.1. The summed E-state index contributed by atoms with van der Waals surface area (Å²) < 4.78 is 14.5. The molecule has 0 bridgehead atoms. The molecule has 2 atom stereocenters. The van der Waals surface area contributed by atoms with Crippen molar-refractivity contribution in [3.05, 3.63) is 83.4 Å². The van der Waals surface area contributed by atoms with Gasteiger partial charge in [-0.15, -0.1) is 0 Å². The van der Waals surface area contributed by atoms with Crippen LogP contribution in [0.15, 0.2) is 67.0 Å². The van der Waals surface area contributed by atoms with Gasteiger partial charge in [0.05, 0.1) is 0 Å². The summed E-state index contributed by atoms with van der Waals surface area (Å²) in [7, 11) is 0. The van der Waals surface area contributed by atoms with Crippen LogP contribution >= 0.6 is 11.6 Å². The van der Waals surface area contributed by atoms with Gasteiger partial charge < -0.3 is 5.32 Å². The van der Waals surface area contributed by atoms with E-state index < -0.39 is 29.7 Å². The van der Waals surface area contributed by atoms with Crippen LogP contribution in [0.3, 0.4) is 0 Å². The summed E-state index contributed by atoms with van der Waals surface area (Å²) in [6.45, 7) is 0. The zero-order valence-corrected chi connectivity index (χ0v) is 22.1. The molecule has 0 unspecified atom stereocenters. The predicted molar refractivity (Wildman–Crippen MR) is 152 cm³/mol. The summed E-state index contributed by atoms with van der Waals surface area (Å²) in [5.74, 6) is -1.75. The number of amides is 3. The maximum Gasteiger partial charge on any atom is 0.251 e. The van der Waals surface area contributed by atoms with Crippen molar-refractivity contribution in [1.82, 2.24) is 15.3 Å². The molecule has 210 valence electrons. The quantitative estimate of drug-likeness (QED) is 0.401. The zero-order chi connectivity index (χ0) is 27.4. The Labute approximate surface area is 238 Å². The average molecular weight is 566 g/mol. The molecule has 2 fully saturated rings. The van der Waals surface area contributed by atoms with Gasteiger partial charge >= 0.3 is 0 Å². The Morgan fingerprint density at radius 1 is 1.00 bits per heavy atom. The summed E-state index contributed by atoms with van der Waals surface area (Å²) in [6, 6.07) is 11.7. The molecule has 5 rings (SSSR count). The number of aromatic nitrogens is 2. The van der Waals surface area contributed by atoms with Crippen LogP contribution in [0.2, 0.25) is 5.02 Å². The predicted octanol–water partition coefficient (Wildman–Crippen LogP) is 5.62. The molecule has 40 heavy (non-hydrogen) atoms. The molecule has 1 aromatic heterocycles. The largest absolute Gasteiger partial charge is 0.351 e. The van der Waals surface area contributed by atoms with Gasteiger partial charge in [0.1, 0.15) is 17.9 Å². The van der Waals surface area contributed by atoms with E-state index in [1.807, 2.05) is 0 Å². The van der Waals surface area contributed by atoms with Gasteiger partial charge in [-0.25, -0.2) is 14.4 Å². The van der Waals surface area contributed by atoms with Gasteiger partial charge in [-0.3, -0.25) is 24.2 Å². The van der Waals surface area contributed by atoms with E-state index in [9.17, 15) is 18.8 Å². The Morgan fingerprint density at radius 2 is 1.73 bits per heavy atom. The van der Waals surface area contributed by atoms with E-state index in [2.05, 4.69) is 15.3 Å². The number of rotatable bonds is 7. The first-order chi connectivity index (χ1) is 18.9. The van der Waals surface area contributed by atoms with E-state index in [0.29, 0.717) is 10.6 Å². The van der Waals surface area contributed by atoms with Crippen LogP contribution in [-0.4, -0.2) is 39.8 Å². The molecule has 0 radical (unpaired) electrons. The topological polar surface area (TPSA) is 95.5 Å². The first kappa shape index (κ1) is 29.1. The van der Waals surface area contributed by atoms with Gasteiger partial charge in [-0.2, -0.15) is 0 Å². The fourth-order valence-corrected chi connectivity index (χ4v) is 5.63. The van der Waals surface area contributed by atoms with Crippen LogP contribution in [0.25, 0.3) is 0 Å². The van der Waals surface area contributed by atoms with Crippen molar-refractivity contribution in [2.45, 2.75) is 70.5 Å². The Bertz CT molecular complexity index is 1350. The van der Waals surface area contributed by atoms with E-state index in [-0.39, 0.29) is 43.9 Å². The lowest BCUT2D eigenvalue weighted by Crippen LogP contribution is -2.53.